The Balaban J connectivity index is 1.26. The molecule has 0 bridgehead atoms. The molecule has 0 unspecified atom stereocenters. The number of aryl methyl sites for hydroxylation is 1. The van der Waals surface area contributed by atoms with Crippen LogP contribution in [-0.2, 0) is 17.8 Å². The molecular formula is C31H39N3O5. The number of benzene rings is 2. The van der Waals surface area contributed by atoms with E-state index in [1.54, 1.807) is 6.07 Å². The highest BCUT2D eigenvalue weighted by Gasteiger charge is 2.31. The number of amides is 1. The average Bonchev–Trinajstić information content (AvgIpc) is 2.91. The largest absolute Gasteiger partial charge is 0.486 e. The van der Waals surface area contributed by atoms with Crippen molar-refractivity contribution in [2.75, 3.05) is 32.8 Å². The van der Waals surface area contributed by atoms with E-state index in [2.05, 4.69) is 11.0 Å². The van der Waals surface area contributed by atoms with Gasteiger partial charge in [0.15, 0.2) is 11.5 Å². The second-order valence-electron chi connectivity index (χ2n) is 11.5. The van der Waals surface area contributed by atoms with Gasteiger partial charge in [0.1, 0.15) is 18.8 Å². The lowest BCUT2D eigenvalue weighted by molar-refractivity contribution is 0.00562. The molecular weight excluding hydrogens is 494 g/mol. The maximum absolute atomic E-state index is 13.3. The number of hydrogen-bond donors (Lipinski definition) is 0. The van der Waals surface area contributed by atoms with Crippen molar-refractivity contribution in [2.45, 2.75) is 65.3 Å². The summed E-state index contributed by atoms with van der Waals surface area (Å²) >= 11 is 0. The van der Waals surface area contributed by atoms with Crippen LogP contribution in [0.15, 0.2) is 53.3 Å². The molecule has 0 spiro atoms. The molecule has 39 heavy (non-hydrogen) atoms. The molecule has 1 fully saturated rings. The number of rotatable bonds is 6. The van der Waals surface area contributed by atoms with Gasteiger partial charge in [0.25, 0.3) is 5.56 Å². The Bertz CT molecular complexity index is 1390. The second kappa shape index (κ2) is 11.3. The normalized spacial score (nSPS) is 16.3. The minimum absolute atomic E-state index is 0.0385. The summed E-state index contributed by atoms with van der Waals surface area (Å²) in [5.74, 6) is 1.46. The number of nitrogens with zero attached hydrogens (tertiary/aromatic N) is 3. The molecule has 0 N–H and O–H groups in total. The number of fused-ring (bicyclic) bond motifs is 2. The molecule has 2 aromatic carbocycles. The molecule has 3 heterocycles. The van der Waals surface area contributed by atoms with Crippen LogP contribution in [0.1, 0.15) is 44.7 Å². The van der Waals surface area contributed by atoms with Crippen molar-refractivity contribution < 1.29 is 19.0 Å². The van der Waals surface area contributed by atoms with Crippen molar-refractivity contribution in [3.63, 3.8) is 0 Å². The number of hydrogen-bond acceptors (Lipinski definition) is 6. The van der Waals surface area contributed by atoms with Gasteiger partial charge in [-0.15, -0.1) is 0 Å². The zero-order chi connectivity index (χ0) is 27.6. The van der Waals surface area contributed by atoms with Gasteiger partial charge in [-0.25, -0.2) is 4.79 Å². The predicted molar refractivity (Wildman–Crippen MR) is 152 cm³/mol. The first-order valence-corrected chi connectivity index (χ1v) is 13.9. The third-order valence-corrected chi connectivity index (χ3v) is 7.45. The first-order valence-electron chi connectivity index (χ1n) is 13.9. The van der Waals surface area contributed by atoms with Crippen molar-refractivity contribution in [2.24, 2.45) is 0 Å². The van der Waals surface area contributed by atoms with E-state index in [1.807, 2.05) is 73.6 Å². The van der Waals surface area contributed by atoms with Gasteiger partial charge >= 0.3 is 6.09 Å². The fourth-order valence-electron chi connectivity index (χ4n) is 5.47. The Kier molecular flexibility index (Phi) is 7.84. The molecule has 2 aliphatic rings. The number of pyridine rings is 1. The summed E-state index contributed by atoms with van der Waals surface area (Å²) < 4.78 is 19.1. The Labute approximate surface area is 230 Å². The number of piperidine rings is 1. The summed E-state index contributed by atoms with van der Waals surface area (Å²) in [4.78, 5) is 30.4. The van der Waals surface area contributed by atoms with Crippen LogP contribution in [0.5, 0.6) is 11.5 Å². The summed E-state index contributed by atoms with van der Waals surface area (Å²) in [7, 11) is 0. The third kappa shape index (κ3) is 6.38. The van der Waals surface area contributed by atoms with Crippen LogP contribution in [0.4, 0.5) is 4.79 Å². The summed E-state index contributed by atoms with van der Waals surface area (Å²) in [5, 5.41) is 1.11. The fourth-order valence-corrected chi connectivity index (χ4v) is 5.47. The van der Waals surface area contributed by atoms with E-state index in [1.165, 1.54) is 0 Å². The van der Waals surface area contributed by atoms with Gasteiger partial charge in [-0.05, 0) is 69.9 Å². The number of likely N-dealkylation sites (tertiary alicyclic amines) is 1. The highest BCUT2D eigenvalue weighted by molar-refractivity contribution is 5.82. The van der Waals surface area contributed by atoms with Crippen molar-refractivity contribution >= 4 is 17.0 Å². The van der Waals surface area contributed by atoms with Crippen molar-refractivity contribution in [1.82, 2.24) is 14.4 Å². The van der Waals surface area contributed by atoms with Crippen LogP contribution in [0, 0.1) is 6.92 Å². The van der Waals surface area contributed by atoms with Crippen LogP contribution >= 0.6 is 0 Å². The highest BCUT2D eigenvalue weighted by atomic mass is 16.6. The molecule has 0 radical (unpaired) electrons. The Hall–Kier alpha value is -3.52. The molecule has 1 aromatic heterocycles. The fraction of sp³-hybridized carbons (Fsp3) is 0.484. The Morgan fingerprint density at radius 1 is 1.00 bits per heavy atom. The molecule has 1 amide bonds. The molecule has 0 atom stereocenters. The summed E-state index contributed by atoms with van der Waals surface area (Å²) in [6, 6.07) is 15.7. The summed E-state index contributed by atoms with van der Waals surface area (Å²) in [6.07, 6.45) is 1.38. The van der Waals surface area contributed by atoms with Crippen LogP contribution < -0.4 is 15.0 Å². The van der Waals surface area contributed by atoms with Gasteiger partial charge in [-0.3, -0.25) is 4.79 Å². The van der Waals surface area contributed by atoms with Crippen molar-refractivity contribution in [3.8, 4) is 11.5 Å². The van der Waals surface area contributed by atoms with Crippen LogP contribution in [-0.4, -0.2) is 65.0 Å². The lowest BCUT2D eigenvalue weighted by Crippen LogP contribution is -2.49. The first kappa shape index (κ1) is 27.1. The van der Waals surface area contributed by atoms with Crippen molar-refractivity contribution in [1.29, 1.82) is 0 Å². The average molecular weight is 534 g/mol. The number of aromatic nitrogens is 1. The van der Waals surface area contributed by atoms with Gasteiger partial charge in [0.05, 0.1) is 5.52 Å². The van der Waals surface area contributed by atoms with Crippen LogP contribution in [0.3, 0.4) is 0 Å². The maximum Gasteiger partial charge on any atom is 0.410 e. The van der Waals surface area contributed by atoms with E-state index in [4.69, 9.17) is 14.2 Å². The molecule has 1 saturated heterocycles. The van der Waals surface area contributed by atoms with Crippen LogP contribution in [0.25, 0.3) is 10.9 Å². The quantitative estimate of drug-likeness (QED) is 0.445. The smallest absolute Gasteiger partial charge is 0.410 e. The third-order valence-electron chi connectivity index (χ3n) is 7.45. The standard InChI is InChI=1S/C31H39N3O5/c1-22-19-29(35)33(26-8-6-5-7-25(22)26)16-15-32-13-11-24(12-14-32)34(30(36)39-31(2,3)4)21-23-9-10-27-28(20-23)38-18-17-37-27/h5-10,19-20,24H,11-18,21H2,1-4H3. The van der Waals surface area contributed by atoms with E-state index in [-0.39, 0.29) is 17.7 Å². The Morgan fingerprint density at radius 2 is 1.72 bits per heavy atom. The first-order chi connectivity index (χ1) is 18.7. The summed E-state index contributed by atoms with van der Waals surface area (Å²) in [5.41, 5.74) is 2.43. The van der Waals surface area contributed by atoms with Crippen molar-refractivity contribution in [3.05, 3.63) is 70.0 Å². The maximum atomic E-state index is 13.3. The van der Waals surface area contributed by atoms with Gasteiger partial charge in [-0.2, -0.15) is 0 Å². The van der Waals surface area contributed by atoms with E-state index >= 15 is 0 Å². The monoisotopic (exact) mass is 533 g/mol. The van der Waals surface area contributed by atoms with E-state index < -0.39 is 5.60 Å². The van der Waals surface area contributed by atoms with E-state index in [9.17, 15) is 9.59 Å². The zero-order valence-corrected chi connectivity index (χ0v) is 23.4. The number of ether oxygens (including phenoxy) is 3. The Morgan fingerprint density at radius 3 is 2.46 bits per heavy atom. The molecule has 8 nitrogen and oxygen atoms in total. The molecule has 208 valence electrons. The molecule has 5 rings (SSSR count). The molecule has 0 saturated carbocycles. The zero-order valence-electron chi connectivity index (χ0n) is 23.4. The molecule has 3 aromatic rings. The predicted octanol–water partition coefficient (Wildman–Crippen LogP) is 4.98. The van der Waals surface area contributed by atoms with Gasteiger partial charge in [-0.1, -0.05) is 24.3 Å². The molecule has 8 heteroatoms. The number of carbonyl (C=O) groups is 1. The second-order valence-corrected chi connectivity index (χ2v) is 11.5. The van der Waals surface area contributed by atoms with E-state index in [0.717, 1.165) is 66.0 Å². The van der Waals surface area contributed by atoms with Gasteiger partial charge < -0.3 is 28.6 Å². The molecule has 2 aliphatic heterocycles. The van der Waals surface area contributed by atoms with Gasteiger partial charge in [0, 0.05) is 50.2 Å². The van der Waals surface area contributed by atoms with Gasteiger partial charge in [0.2, 0.25) is 0 Å². The summed E-state index contributed by atoms with van der Waals surface area (Å²) in [6.45, 7) is 12.3. The topological polar surface area (TPSA) is 73.2 Å². The SMILES string of the molecule is Cc1cc(=O)n(CCN2CCC(N(Cc3ccc4c(c3)OCCO4)C(=O)OC(C)(C)C)CC2)c2ccccc12. The lowest BCUT2D eigenvalue weighted by atomic mass is 10.0. The highest BCUT2D eigenvalue weighted by Crippen LogP contribution is 2.32. The number of carbonyl (C=O) groups excluding carboxylic acids is 1. The van der Waals surface area contributed by atoms with E-state index in [0.29, 0.717) is 26.3 Å². The van der Waals surface area contributed by atoms with Crippen LogP contribution in [0.2, 0.25) is 0 Å². The minimum atomic E-state index is -0.576. The minimum Gasteiger partial charge on any atom is -0.486 e. The lowest BCUT2D eigenvalue weighted by Gasteiger charge is -2.39. The molecule has 0 aliphatic carbocycles. The number of para-hydroxylation sites is 1.